The quantitative estimate of drug-likeness (QED) is 0.584. The van der Waals surface area contributed by atoms with Gasteiger partial charge < -0.3 is 14.5 Å². The van der Waals surface area contributed by atoms with Crippen molar-refractivity contribution >= 4 is 5.91 Å². The van der Waals surface area contributed by atoms with Gasteiger partial charge in [-0.1, -0.05) is 0 Å². The summed E-state index contributed by atoms with van der Waals surface area (Å²) in [5.74, 6) is 0.299. The summed E-state index contributed by atoms with van der Waals surface area (Å²) in [6, 6.07) is 0. The lowest BCUT2D eigenvalue weighted by molar-refractivity contribution is -0.135. The van der Waals surface area contributed by atoms with Crippen molar-refractivity contribution in [2.24, 2.45) is 5.92 Å². The normalized spacial score (nSPS) is 37.2. The predicted octanol–water partition coefficient (Wildman–Crippen LogP) is -0.206. The molecule has 2 fully saturated rings. The number of likely N-dealkylation sites (tertiary alicyclic amines) is 1. The Morgan fingerprint density at radius 3 is 2.79 bits per heavy atom. The molecular formula is C10H18N2O2. The van der Waals surface area contributed by atoms with Crippen LogP contribution >= 0.6 is 0 Å². The summed E-state index contributed by atoms with van der Waals surface area (Å²) in [5.41, 5.74) is 0. The number of rotatable bonds is 1. The highest BCUT2D eigenvalue weighted by atomic mass is 16.5. The van der Waals surface area contributed by atoms with E-state index >= 15 is 0 Å². The molecule has 0 aromatic rings. The van der Waals surface area contributed by atoms with Crippen LogP contribution in [-0.2, 0) is 9.53 Å². The molecule has 0 unspecified atom stereocenters. The van der Waals surface area contributed by atoms with Crippen LogP contribution in [-0.4, -0.2) is 62.1 Å². The van der Waals surface area contributed by atoms with Crippen LogP contribution in [0.25, 0.3) is 0 Å². The van der Waals surface area contributed by atoms with E-state index in [9.17, 15) is 4.79 Å². The van der Waals surface area contributed by atoms with E-state index in [0.29, 0.717) is 0 Å². The molecule has 0 saturated carbocycles. The third kappa shape index (κ3) is 1.64. The maximum atomic E-state index is 11.8. The van der Waals surface area contributed by atoms with Crippen molar-refractivity contribution in [3.05, 3.63) is 0 Å². The molecule has 0 aromatic carbocycles. The van der Waals surface area contributed by atoms with E-state index in [1.165, 1.54) is 0 Å². The van der Waals surface area contributed by atoms with Crippen LogP contribution in [0.2, 0.25) is 0 Å². The van der Waals surface area contributed by atoms with Crippen LogP contribution in [0.15, 0.2) is 0 Å². The first-order valence-corrected chi connectivity index (χ1v) is 5.13. The fraction of sp³-hybridized carbons (Fsp3) is 0.900. The number of hydrogen-bond acceptors (Lipinski definition) is 3. The van der Waals surface area contributed by atoms with E-state index in [1.54, 1.807) is 4.90 Å². The van der Waals surface area contributed by atoms with Crippen LogP contribution in [0.1, 0.15) is 6.42 Å². The third-order valence-corrected chi connectivity index (χ3v) is 3.10. The summed E-state index contributed by atoms with van der Waals surface area (Å²) in [5, 5.41) is 0. The minimum atomic E-state index is 0.0833. The van der Waals surface area contributed by atoms with Gasteiger partial charge in [0.1, 0.15) is 0 Å². The van der Waals surface area contributed by atoms with Gasteiger partial charge in [0.25, 0.3) is 0 Å². The average Bonchev–Trinajstić information content (AvgIpc) is 2.40. The number of hydrogen-bond donors (Lipinski definition) is 0. The topological polar surface area (TPSA) is 32.8 Å². The summed E-state index contributed by atoms with van der Waals surface area (Å²) < 4.78 is 5.76. The lowest BCUT2D eigenvalue weighted by atomic mass is 9.99. The van der Waals surface area contributed by atoms with Gasteiger partial charge in [0.05, 0.1) is 18.1 Å². The van der Waals surface area contributed by atoms with Gasteiger partial charge in [-0.05, 0) is 13.5 Å². The van der Waals surface area contributed by atoms with Gasteiger partial charge in [-0.2, -0.15) is 0 Å². The van der Waals surface area contributed by atoms with Gasteiger partial charge in [0, 0.05) is 27.2 Å². The zero-order chi connectivity index (χ0) is 10.3. The standard InChI is InChI=1S/C10H18N2O2/c1-11(2)10(13)8-4-7-5-12(3)6-9(8)14-7/h7-9H,4-6H2,1-3H3/t7-,8+,9-/m0/s1. The first kappa shape index (κ1) is 9.93. The molecule has 0 aliphatic carbocycles. The molecule has 1 amide bonds. The highest BCUT2D eigenvalue weighted by molar-refractivity contribution is 5.79. The second-order valence-electron chi connectivity index (χ2n) is 4.59. The molecule has 2 bridgehead atoms. The van der Waals surface area contributed by atoms with Crippen molar-refractivity contribution in [3.63, 3.8) is 0 Å². The minimum absolute atomic E-state index is 0.0833. The Hall–Kier alpha value is -0.610. The Balaban J connectivity index is 2.06. The minimum Gasteiger partial charge on any atom is -0.371 e. The third-order valence-electron chi connectivity index (χ3n) is 3.10. The maximum absolute atomic E-state index is 11.8. The van der Waals surface area contributed by atoms with Crippen molar-refractivity contribution in [1.29, 1.82) is 0 Å². The maximum Gasteiger partial charge on any atom is 0.227 e. The molecule has 0 spiro atoms. The monoisotopic (exact) mass is 198 g/mol. The molecule has 2 heterocycles. The molecule has 2 aliphatic heterocycles. The number of carbonyl (C=O) groups excluding carboxylic acids is 1. The molecule has 4 heteroatoms. The SMILES string of the molecule is CN1C[C@@H]2C[C@@H](C(=O)N(C)C)[C@H](C1)O2. The van der Waals surface area contributed by atoms with E-state index in [4.69, 9.17) is 4.74 Å². The Labute approximate surface area is 84.8 Å². The van der Waals surface area contributed by atoms with E-state index in [0.717, 1.165) is 19.5 Å². The first-order valence-electron chi connectivity index (χ1n) is 5.13. The van der Waals surface area contributed by atoms with Gasteiger partial charge in [0.2, 0.25) is 5.91 Å². The fourth-order valence-electron chi connectivity index (χ4n) is 2.44. The van der Waals surface area contributed by atoms with Gasteiger partial charge in [0.15, 0.2) is 0 Å². The van der Waals surface area contributed by atoms with Gasteiger partial charge in [-0.15, -0.1) is 0 Å². The summed E-state index contributed by atoms with van der Waals surface area (Å²) in [6.07, 6.45) is 1.28. The number of nitrogens with zero attached hydrogens (tertiary/aromatic N) is 2. The number of likely N-dealkylation sites (N-methyl/N-ethyl adjacent to an activating group) is 1. The van der Waals surface area contributed by atoms with Crippen LogP contribution in [0.5, 0.6) is 0 Å². The second-order valence-corrected chi connectivity index (χ2v) is 4.59. The first-order chi connectivity index (χ1) is 6.58. The molecule has 2 aliphatic rings. The molecule has 2 saturated heterocycles. The molecule has 0 radical (unpaired) electrons. The highest BCUT2D eigenvalue weighted by Crippen LogP contribution is 2.32. The van der Waals surface area contributed by atoms with Crippen molar-refractivity contribution < 1.29 is 9.53 Å². The van der Waals surface area contributed by atoms with Gasteiger partial charge in [-0.25, -0.2) is 0 Å². The zero-order valence-electron chi connectivity index (χ0n) is 9.06. The number of amides is 1. The van der Waals surface area contributed by atoms with Gasteiger partial charge >= 0.3 is 0 Å². The molecule has 14 heavy (non-hydrogen) atoms. The second kappa shape index (κ2) is 3.51. The van der Waals surface area contributed by atoms with E-state index in [1.807, 2.05) is 14.1 Å². The molecule has 80 valence electrons. The number of fused-ring (bicyclic) bond motifs is 2. The average molecular weight is 198 g/mol. The summed E-state index contributed by atoms with van der Waals surface area (Å²) in [7, 11) is 5.72. The molecule has 2 rings (SSSR count). The molecule has 3 atom stereocenters. The fourth-order valence-corrected chi connectivity index (χ4v) is 2.44. The zero-order valence-corrected chi connectivity index (χ0v) is 9.06. The van der Waals surface area contributed by atoms with Crippen LogP contribution in [0.3, 0.4) is 0 Å². The van der Waals surface area contributed by atoms with Crippen LogP contribution in [0.4, 0.5) is 0 Å². The number of carbonyl (C=O) groups is 1. The summed E-state index contributed by atoms with van der Waals surface area (Å²) in [6.45, 7) is 1.86. The molecule has 0 N–H and O–H groups in total. The van der Waals surface area contributed by atoms with Crippen molar-refractivity contribution in [1.82, 2.24) is 9.80 Å². The van der Waals surface area contributed by atoms with E-state index in [2.05, 4.69) is 11.9 Å². The van der Waals surface area contributed by atoms with Crippen LogP contribution in [0, 0.1) is 5.92 Å². The number of morpholine rings is 1. The van der Waals surface area contributed by atoms with Gasteiger partial charge in [-0.3, -0.25) is 4.79 Å². The smallest absolute Gasteiger partial charge is 0.227 e. The van der Waals surface area contributed by atoms with Crippen molar-refractivity contribution in [3.8, 4) is 0 Å². The lowest BCUT2D eigenvalue weighted by Gasteiger charge is -2.29. The molecule has 4 nitrogen and oxygen atoms in total. The van der Waals surface area contributed by atoms with E-state index in [-0.39, 0.29) is 24.0 Å². The Kier molecular flexibility index (Phi) is 2.49. The summed E-state index contributed by atoms with van der Waals surface area (Å²) >= 11 is 0. The Morgan fingerprint density at radius 2 is 2.14 bits per heavy atom. The Morgan fingerprint density at radius 1 is 1.43 bits per heavy atom. The largest absolute Gasteiger partial charge is 0.371 e. The van der Waals surface area contributed by atoms with Crippen molar-refractivity contribution in [2.75, 3.05) is 34.2 Å². The molecule has 0 aromatic heterocycles. The Bertz CT molecular complexity index is 242. The predicted molar refractivity (Wildman–Crippen MR) is 53.0 cm³/mol. The molecular weight excluding hydrogens is 180 g/mol. The summed E-state index contributed by atoms with van der Waals surface area (Å²) in [4.78, 5) is 15.7. The highest BCUT2D eigenvalue weighted by Gasteiger charge is 2.44. The lowest BCUT2D eigenvalue weighted by Crippen LogP contribution is -2.43. The number of ether oxygens (including phenoxy) is 1. The van der Waals surface area contributed by atoms with Crippen LogP contribution < -0.4 is 0 Å². The van der Waals surface area contributed by atoms with E-state index < -0.39 is 0 Å². The van der Waals surface area contributed by atoms with Crippen molar-refractivity contribution in [2.45, 2.75) is 18.6 Å².